The van der Waals surface area contributed by atoms with Crippen LogP contribution in [0, 0.1) is 18.3 Å². The number of fused-ring (bicyclic) bond motifs is 1. The van der Waals surface area contributed by atoms with Gasteiger partial charge < -0.3 is 14.8 Å². The summed E-state index contributed by atoms with van der Waals surface area (Å²) in [4.78, 5) is 21.0. The second kappa shape index (κ2) is 7.42. The number of ether oxygens (including phenoxy) is 1. The summed E-state index contributed by atoms with van der Waals surface area (Å²) >= 11 is 1.38. The predicted octanol–water partition coefficient (Wildman–Crippen LogP) is 4.14. The van der Waals surface area contributed by atoms with Crippen LogP contribution in [0.3, 0.4) is 0 Å². The second-order valence-corrected chi connectivity index (χ2v) is 6.82. The molecule has 0 bridgehead atoms. The molecule has 3 aromatic rings. The molecule has 26 heavy (non-hydrogen) atoms. The van der Waals surface area contributed by atoms with Crippen LogP contribution in [0.4, 0.5) is 0 Å². The van der Waals surface area contributed by atoms with Crippen molar-refractivity contribution < 1.29 is 14.6 Å². The molecule has 1 aromatic carbocycles. The minimum atomic E-state index is -0.522. The van der Waals surface area contributed by atoms with Crippen LogP contribution in [0.15, 0.2) is 36.1 Å². The van der Waals surface area contributed by atoms with Crippen molar-refractivity contribution >= 4 is 33.9 Å². The maximum atomic E-state index is 12.2. The van der Waals surface area contributed by atoms with E-state index in [1.165, 1.54) is 11.3 Å². The third-order valence-corrected chi connectivity index (χ3v) is 5.27. The number of rotatable bonds is 5. The Labute approximate surface area is 154 Å². The highest BCUT2D eigenvalue weighted by atomic mass is 32.1. The number of hydrogen-bond acceptors (Lipinski definition) is 6. The van der Waals surface area contributed by atoms with Crippen LogP contribution >= 0.6 is 11.3 Å². The number of H-pyrrole nitrogens is 1. The van der Waals surface area contributed by atoms with E-state index in [-0.39, 0.29) is 17.2 Å². The summed E-state index contributed by atoms with van der Waals surface area (Å²) < 4.78 is 5.15. The SMILES string of the molecule is CCc1sc(C(=O)OC/C(O)=C(\C#N)c2nc3ccccc3[nH]2)cc1C. The molecule has 2 N–H and O–H groups in total. The summed E-state index contributed by atoms with van der Waals surface area (Å²) in [5.41, 5.74) is 2.43. The average molecular weight is 367 g/mol. The highest BCUT2D eigenvalue weighted by Gasteiger charge is 2.17. The molecule has 0 aliphatic rings. The van der Waals surface area contributed by atoms with Crippen LogP contribution in [-0.4, -0.2) is 27.7 Å². The lowest BCUT2D eigenvalue weighted by Crippen LogP contribution is -2.08. The number of aliphatic hydroxyl groups excluding tert-OH is 1. The zero-order valence-electron chi connectivity index (χ0n) is 14.4. The zero-order valence-corrected chi connectivity index (χ0v) is 15.2. The number of nitriles is 1. The lowest BCUT2D eigenvalue weighted by atomic mass is 10.2. The number of benzene rings is 1. The Balaban J connectivity index is 1.78. The molecular formula is C19H17N3O3S. The molecule has 7 heteroatoms. The van der Waals surface area contributed by atoms with E-state index in [0.717, 1.165) is 22.4 Å². The molecule has 0 amide bonds. The van der Waals surface area contributed by atoms with Gasteiger partial charge in [0.05, 0.1) is 11.0 Å². The number of carbonyl (C=O) groups excluding carboxylic acids is 1. The van der Waals surface area contributed by atoms with Gasteiger partial charge in [-0.15, -0.1) is 11.3 Å². The molecule has 6 nitrogen and oxygen atoms in total. The van der Waals surface area contributed by atoms with Gasteiger partial charge in [0, 0.05) is 4.88 Å². The second-order valence-electron chi connectivity index (χ2n) is 5.68. The Kier molecular flexibility index (Phi) is 5.05. The number of thiophene rings is 1. The first-order valence-corrected chi connectivity index (χ1v) is 8.89. The molecule has 0 unspecified atom stereocenters. The van der Waals surface area contributed by atoms with Gasteiger partial charge in [-0.2, -0.15) is 5.26 Å². The zero-order chi connectivity index (χ0) is 18.7. The topological polar surface area (TPSA) is 99.0 Å². The Morgan fingerprint density at radius 1 is 1.42 bits per heavy atom. The van der Waals surface area contributed by atoms with Crippen molar-refractivity contribution in [3.05, 3.63) is 57.2 Å². The van der Waals surface area contributed by atoms with Gasteiger partial charge in [-0.1, -0.05) is 19.1 Å². The molecule has 0 aliphatic heterocycles. The summed E-state index contributed by atoms with van der Waals surface area (Å²) in [6.07, 6.45) is 0.847. The van der Waals surface area contributed by atoms with Gasteiger partial charge in [-0.25, -0.2) is 9.78 Å². The number of aryl methyl sites for hydroxylation is 2. The molecule has 132 valence electrons. The minimum Gasteiger partial charge on any atom is -0.507 e. The van der Waals surface area contributed by atoms with Crippen LogP contribution < -0.4 is 0 Å². The van der Waals surface area contributed by atoms with E-state index < -0.39 is 12.6 Å². The molecule has 3 rings (SSSR count). The molecule has 0 radical (unpaired) electrons. The first-order chi connectivity index (χ1) is 12.5. The molecule has 0 atom stereocenters. The minimum absolute atomic E-state index is 0.0504. The Morgan fingerprint density at radius 3 is 2.85 bits per heavy atom. The van der Waals surface area contributed by atoms with Crippen molar-refractivity contribution in [3.8, 4) is 6.07 Å². The maximum Gasteiger partial charge on any atom is 0.348 e. The molecule has 2 heterocycles. The predicted molar refractivity (Wildman–Crippen MR) is 100.0 cm³/mol. The maximum absolute atomic E-state index is 12.2. The van der Waals surface area contributed by atoms with E-state index in [9.17, 15) is 15.2 Å². The smallest absolute Gasteiger partial charge is 0.348 e. The number of aromatic nitrogens is 2. The van der Waals surface area contributed by atoms with E-state index >= 15 is 0 Å². The van der Waals surface area contributed by atoms with Crippen LogP contribution in [0.5, 0.6) is 0 Å². The van der Waals surface area contributed by atoms with Gasteiger partial charge in [0.25, 0.3) is 0 Å². The number of imidazole rings is 1. The molecule has 0 saturated carbocycles. The van der Waals surface area contributed by atoms with Crippen LogP contribution in [0.25, 0.3) is 16.6 Å². The number of aliphatic hydroxyl groups is 1. The summed E-state index contributed by atoms with van der Waals surface area (Å²) in [5, 5.41) is 19.6. The highest BCUT2D eigenvalue weighted by Crippen LogP contribution is 2.24. The number of allylic oxidation sites excluding steroid dienone is 1. The van der Waals surface area contributed by atoms with Crippen molar-refractivity contribution in [1.82, 2.24) is 9.97 Å². The van der Waals surface area contributed by atoms with Gasteiger partial charge in [0.15, 0.2) is 11.6 Å². The number of nitrogens with one attached hydrogen (secondary N) is 1. The number of carbonyl (C=O) groups is 1. The third kappa shape index (κ3) is 3.46. The quantitative estimate of drug-likeness (QED) is 0.401. The monoisotopic (exact) mass is 367 g/mol. The van der Waals surface area contributed by atoms with Crippen molar-refractivity contribution in [3.63, 3.8) is 0 Å². The Hall–Kier alpha value is -3.11. The van der Waals surface area contributed by atoms with E-state index in [4.69, 9.17) is 4.74 Å². The molecule has 0 saturated heterocycles. The Bertz CT molecular complexity index is 1010. The fraction of sp³-hybridized carbons (Fsp3) is 0.211. The lowest BCUT2D eigenvalue weighted by molar-refractivity contribution is 0.0508. The molecular weight excluding hydrogens is 350 g/mol. The van der Waals surface area contributed by atoms with Crippen molar-refractivity contribution in [2.75, 3.05) is 6.61 Å². The normalized spacial score (nSPS) is 11.9. The van der Waals surface area contributed by atoms with Crippen molar-refractivity contribution in [2.24, 2.45) is 0 Å². The average Bonchev–Trinajstić information content (AvgIpc) is 3.23. The summed E-state index contributed by atoms with van der Waals surface area (Å²) in [7, 11) is 0. The van der Waals surface area contributed by atoms with Crippen LogP contribution in [-0.2, 0) is 11.2 Å². The number of esters is 1. The number of para-hydroxylation sites is 2. The molecule has 0 spiro atoms. The number of aromatic amines is 1. The summed E-state index contributed by atoms with van der Waals surface area (Å²) in [5.74, 6) is -0.627. The van der Waals surface area contributed by atoms with Gasteiger partial charge >= 0.3 is 5.97 Å². The fourth-order valence-corrected chi connectivity index (χ4v) is 3.58. The fourth-order valence-electron chi connectivity index (χ4n) is 2.57. The van der Waals surface area contributed by atoms with Crippen LogP contribution in [0.1, 0.15) is 32.9 Å². The third-order valence-electron chi connectivity index (χ3n) is 3.91. The van der Waals surface area contributed by atoms with E-state index in [0.29, 0.717) is 10.4 Å². The van der Waals surface area contributed by atoms with Gasteiger partial charge in [-0.05, 0) is 37.1 Å². The molecule has 0 aliphatic carbocycles. The van der Waals surface area contributed by atoms with Crippen molar-refractivity contribution in [1.29, 1.82) is 5.26 Å². The van der Waals surface area contributed by atoms with E-state index in [1.54, 1.807) is 12.1 Å². The standard InChI is InChI=1S/C19H17N3O3S/c1-3-16-11(2)8-17(26-16)19(24)25-10-15(23)12(9-20)18-21-13-6-4-5-7-14(13)22-18/h4-8,23H,3,10H2,1-2H3,(H,21,22)/b15-12-. The van der Waals surface area contributed by atoms with E-state index in [1.807, 2.05) is 38.1 Å². The van der Waals surface area contributed by atoms with Gasteiger partial charge in [0.1, 0.15) is 23.1 Å². The first kappa shape index (κ1) is 17.7. The Morgan fingerprint density at radius 2 is 2.19 bits per heavy atom. The highest BCUT2D eigenvalue weighted by molar-refractivity contribution is 7.14. The first-order valence-electron chi connectivity index (χ1n) is 8.07. The van der Waals surface area contributed by atoms with Gasteiger partial charge in [-0.3, -0.25) is 0 Å². The van der Waals surface area contributed by atoms with Gasteiger partial charge in [0.2, 0.25) is 0 Å². The molecule has 0 fully saturated rings. The summed E-state index contributed by atoms with van der Waals surface area (Å²) in [6.45, 7) is 3.57. The molecule has 2 aromatic heterocycles. The van der Waals surface area contributed by atoms with Crippen LogP contribution in [0.2, 0.25) is 0 Å². The van der Waals surface area contributed by atoms with Crippen molar-refractivity contribution in [2.45, 2.75) is 20.3 Å². The number of nitrogens with zero attached hydrogens (tertiary/aromatic N) is 2. The van der Waals surface area contributed by atoms with E-state index in [2.05, 4.69) is 9.97 Å². The number of hydrogen-bond donors (Lipinski definition) is 2. The summed E-state index contributed by atoms with van der Waals surface area (Å²) in [6, 6.07) is 11.0. The largest absolute Gasteiger partial charge is 0.507 e. The lowest BCUT2D eigenvalue weighted by Gasteiger charge is -2.04.